The van der Waals surface area contributed by atoms with Crippen LogP contribution in [0.25, 0.3) is 10.8 Å². The van der Waals surface area contributed by atoms with E-state index in [9.17, 15) is 9.50 Å². The summed E-state index contributed by atoms with van der Waals surface area (Å²) in [5.41, 5.74) is 0. The molecule has 3 heteroatoms. The highest BCUT2D eigenvalue weighted by Crippen LogP contribution is 2.39. The van der Waals surface area contributed by atoms with Crippen molar-refractivity contribution in [3.63, 3.8) is 0 Å². The SMILES string of the molecule is Oc1ccc2ccccc2c1Sc1ccc(F)cc1. The van der Waals surface area contributed by atoms with Gasteiger partial charge in [0.1, 0.15) is 11.6 Å². The summed E-state index contributed by atoms with van der Waals surface area (Å²) in [5, 5.41) is 12.1. The molecule has 0 saturated heterocycles. The molecule has 94 valence electrons. The van der Waals surface area contributed by atoms with Crippen LogP contribution < -0.4 is 0 Å². The van der Waals surface area contributed by atoms with Gasteiger partial charge >= 0.3 is 0 Å². The second-order valence-corrected chi connectivity index (χ2v) is 5.27. The summed E-state index contributed by atoms with van der Waals surface area (Å²) in [5.74, 6) is -0.0143. The lowest BCUT2D eigenvalue weighted by molar-refractivity contribution is 0.464. The molecule has 0 heterocycles. The number of aromatic hydroxyl groups is 1. The van der Waals surface area contributed by atoms with Crippen LogP contribution in [0.5, 0.6) is 5.75 Å². The highest BCUT2D eigenvalue weighted by molar-refractivity contribution is 7.99. The zero-order chi connectivity index (χ0) is 13.2. The van der Waals surface area contributed by atoms with Gasteiger partial charge in [0.2, 0.25) is 0 Å². The third-order valence-electron chi connectivity index (χ3n) is 2.89. The zero-order valence-electron chi connectivity index (χ0n) is 10.0. The molecule has 0 saturated carbocycles. The predicted molar refractivity (Wildman–Crippen MR) is 76.1 cm³/mol. The number of fused-ring (bicyclic) bond motifs is 1. The quantitative estimate of drug-likeness (QED) is 0.719. The zero-order valence-corrected chi connectivity index (χ0v) is 10.8. The van der Waals surface area contributed by atoms with E-state index in [1.807, 2.05) is 30.3 Å². The lowest BCUT2D eigenvalue weighted by Gasteiger charge is -2.08. The molecule has 3 aromatic rings. The van der Waals surface area contributed by atoms with Gasteiger partial charge < -0.3 is 5.11 Å². The molecular formula is C16H11FOS. The van der Waals surface area contributed by atoms with Gasteiger partial charge in [0.05, 0.1) is 4.90 Å². The fourth-order valence-corrected chi connectivity index (χ4v) is 2.94. The molecule has 0 aliphatic heterocycles. The van der Waals surface area contributed by atoms with Crippen molar-refractivity contribution in [3.05, 3.63) is 66.5 Å². The van der Waals surface area contributed by atoms with Crippen LogP contribution in [0.1, 0.15) is 0 Å². The minimum absolute atomic E-state index is 0.244. The summed E-state index contributed by atoms with van der Waals surface area (Å²) in [7, 11) is 0. The van der Waals surface area contributed by atoms with E-state index in [0.29, 0.717) is 0 Å². The molecule has 1 N–H and O–H groups in total. The van der Waals surface area contributed by atoms with Gasteiger partial charge in [-0.15, -0.1) is 0 Å². The molecule has 19 heavy (non-hydrogen) atoms. The summed E-state index contributed by atoms with van der Waals surface area (Å²) < 4.78 is 12.9. The molecule has 3 aromatic carbocycles. The lowest BCUT2D eigenvalue weighted by Crippen LogP contribution is -1.80. The molecule has 0 aliphatic carbocycles. The Hall–Kier alpha value is -2.00. The average Bonchev–Trinajstić information content (AvgIpc) is 2.44. The van der Waals surface area contributed by atoms with Crippen LogP contribution in [0.3, 0.4) is 0 Å². The molecular weight excluding hydrogens is 259 g/mol. The Morgan fingerprint density at radius 3 is 2.37 bits per heavy atom. The molecule has 0 bridgehead atoms. The normalized spacial score (nSPS) is 10.8. The number of hydrogen-bond acceptors (Lipinski definition) is 2. The van der Waals surface area contributed by atoms with Crippen molar-refractivity contribution in [1.82, 2.24) is 0 Å². The minimum atomic E-state index is -0.258. The number of phenols is 1. The second kappa shape index (κ2) is 4.94. The first-order valence-corrected chi connectivity index (χ1v) is 6.70. The van der Waals surface area contributed by atoms with Crippen LogP contribution in [0.2, 0.25) is 0 Å². The number of benzene rings is 3. The summed E-state index contributed by atoms with van der Waals surface area (Å²) in [4.78, 5) is 1.69. The van der Waals surface area contributed by atoms with Gasteiger partial charge in [-0.3, -0.25) is 0 Å². The first kappa shape index (κ1) is 12.1. The van der Waals surface area contributed by atoms with Crippen molar-refractivity contribution in [1.29, 1.82) is 0 Å². The van der Waals surface area contributed by atoms with E-state index in [1.54, 1.807) is 18.2 Å². The van der Waals surface area contributed by atoms with Crippen LogP contribution in [-0.4, -0.2) is 5.11 Å². The summed E-state index contributed by atoms with van der Waals surface area (Å²) in [6.45, 7) is 0. The highest BCUT2D eigenvalue weighted by atomic mass is 32.2. The van der Waals surface area contributed by atoms with Crippen LogP contribution in [0, 0.1) is 5.82 Å². The van der Waals surface area contributed by atoms with E-state index in [4.69, 9.17) is 0 Å². The van der Waals surface area contributed by atoms with Crippen molar-refractivity contribution >= 4 is 22.5 Å². The Balaban J connectivity index is 2.09. The molecule has 0 radical (unpaired) electrons. The number of halogens is 1. The summed E-state index contributed by atoms with van der Waals surface area (Å²) in [6.07, 6.45) is 0. The van der Waals surface area contributed by atoms with Gasteiger partial charge in [-0.1, -0.05) is 42.1 Å². The molecule has 0 spiro atoms. The predicted octanol–water partition coefficient (Wildman–Crippen LogP) is 4.84. The molecule has 3 rings (SSSR count). The third-order valence-corrected chi connectivity index (χ3v) is 4.03. The molecule has 0 unspecified atom stereocenters. The van der Waals surface area contributed by atoms with Gasteiger partial charge in [0.25, 0.3) is 0 Å². The number of rotatable bonds is 2. The number of phenolic OH excluding ortho intramolecular Hbond substituents is 1. The Labute approximate surface area is 114 Å². The smallest absolute Gasteiger partial charge is 0.130 e. The fraction of sp³-hybridized carbons (Fsp3) is 0. The average molecular weight is 270 g/mol. The minimum Gasteiger partial charge on any atom is -0.507 e. The van der Waals surface area contributed by atoms with E-state index in [1.165, 1.54) is 23.9 Å². The Morgan fingerprint density at radius 1 is 0.842 bits per heavy atom. The Kier molecular flexibility index (Phi) is 3.13. The first-order valence-electron chi connectivity index (χ1n) is 5.88. The molecule has 0 aliphatic rings. The molecule has 0 aromatic heterocycles. The van der Waals surface area contributed by atoms with Crippen molar-refractivity contribution in [2.75, 3.05) is 0 Å². The van der Waals surface area contributed by atoms with Gasteiger partial charge in [0.15, 0.2) is 0 Å². The largest absolute Gasteiger partial charge is 0.507 e. The summed E-state index contributed by atoms with van der Waals surface area (Å²) >= 11 is 1.44. The van der Waals surface area contributed by atoms with Gasteiger partial charge in [-0.25, -0.2) is 4.39 Å². The van der Waals surface area contributed by atoms with E-state index in [-0.39, 0.29) is 11.6 Å². The topological polar surface area (TPSA) is 20.2 Å². The molecule has 0 atom stereocenters. The maximum absolute atomic E-state index is 12.9. The molecule has 1 nitrogen and oxygen atoms in total. The Morgan fingerprint density at radius 2 is 1.58 bits per heavy atom. The number of hydrogen-bond donors (Lipinski definition) is 1. The van der Waals surface area contributed by atoms with Crippen LogP contribution in [0.4, 0.5) is 4.39 Å². The van der Waals surface area contributed by atoms with Crippen molar-refractivity contribution < 1.29 is 9.50 Å². The van der Waals surface area contributed by atoms with Gasteiger partial charge in [-0.2, -0.15) is 0 Å². The summed E-state index contributed by atoms with van der Waals surface area (Å²) in [6, 6.07) is 17.7. The van der Waals surface area contributed by atoms with Crippen molar-refractivity contribution in [3.8, 4) is 5.75 Å². The third kappa shape index (κ3) is 2.42. The standard InChI is InChI=1S/C16H11FOS/c17-12-6-8-13(9-7-12)19-16-14-4-2-1-3-11(14)5-10-15(16)18/h1-10,18H. The van der Waals surface area contributed by atoms with Crippen molar-refractivity contribution in [2.24, 2.45) is 0 Å². The monoisotopic (exact) mass is 270 g/mol. The van der Waals surface area contributed by atoms with Crippen LogP contribution >= 0.6 is 11.8 Å². The maximum atomic E-state index is 12.9. The van der Waals surface area contributed by atoms with E-state index in [0.717, 1.165) is 20.6 Å². The second-order valence-electron chi connectivity index (χ2n) is 4.19. The van der Waals surface area contributed by atoms with E-state index in [2.05, 4.69) is 0 Å². The van der Waals surface area contributed by atoms with Crippen molar-refractivity contribution in [2.45, 2.75) is 9.79 Å². The van der Waals surface area contributed by atoms with Crippen LogP contribution in [0.15, 0.2) is 70.5 Å². The first-order chi connectivity index (χ1) is 9.24. The molecule has 0 fully saturated rings. The highest BCUT2D eigenvalue weighted by Gasteiger charge is 2.08. The maximum Gasteiger partial charge on any atom is 0.130 e. The Bertz CT molecular complexity index is 722. The van der Waals surface area contributed by atoms with E-state index < -0.39 is 0 Å². The van der Waals surface area contributed by atoms with Gasteiger partial charge in [-0.05, 0) is 41.1 Å². The van der Waals surface area contributed by atoms with E-state index >= 15 is 0 Å². The van der Waals surface area contributed by atoms with Gasteiger partial charge in [0, 0.05) is 4.90 Å². The lowest BCUT2D eigenvalue weighted by atomic mass is 10.1. The molecule has 0 amide bonds. The fourth-order valence-electron chi connectivity index (χ4n) is 1.96. The van der Waals surface area contributed by atoms with Crippen LogP contribution in [-0.2, 0) is 0 Å².